The van der Waals surface area contributed by atoms with Crippen LogP contribution in [-0.4, -0.2) is 28.1 Å². The van der Waals surface area contributed by atoms with Crippen LogP contribution in [0.1, 0.15) is 19.3 Å². The van der Waals surface area contributed by atoms with Gasteiger partial charge >= 0.3 is 0 Å². The van der Waals surface area contributed by atoms with Gasteiger partial charge in [0.05, 0.1) is 12.0 Å². The van der Waals surface area contributed by atoms with Crippen molar-refractivity contribution < 1.29 is 9.23 Å². The second-order valence-electron chi connectivity index (χ2n) is 4.44. The van der Waals surface area contributed by atoms with Gasteiger partial charge in [0.15, 0.2) is 16.8 Å². The highest BCUT2D eigenvalue weighted by molar-refractivity contribution is 6.30. The Morgan fingerprint density at radius 3 is 2.90 bits per heavy atom. The van der Waals surface area contributed by atoms with Crippen molar-refractivity contribution in [1.29, 1.82) is 0 Å². The molecule has 0 radical (unpaired) electrons. The summed E-state index contributed by atoms with van der Waals surface area (Å²) in [6, 6.07) is 0. The van der Waals surface area contributed by atoms with Gasteiger partial charge < -0.3 is 0 Å². The SMILES string of the molecule is Fc1c(Cl)ncc2c(N3CCCCCO3)nc(Cl)nc12. The predicted molar refractivity (Wildman–Crippen MR) is 74.5 cm³/mol. The fraction of sp³-hybridized carbons (Fsp3) is 0.417. The highest BCUT2D eigenvalue weighted by Gasteiger charge is 2.20. The Balaban J connectivity index is 2.16. The van der Waals surface area contributed by atoms with Crippen molar-refractivity contribution in [3.63, 3.8) is 0 Å². The van der Waals surface area contributed by atoms with Gasteiger partial charge in [-0.25, -0.2) is 19.4 Å². The molecule has 20 heavy (non-hydrogen) atoms. The lowest BCUT2D eigenvalue weighted by Crippen LogP contribution is -2.25. The molecule has 0 saturated carbocycles. The summed E-state index contributed by atoms with van der Waals surface area (Å²) in [6.07, 6.45) is 4.45. The lowest BCUT2D eigenvalue weighted by molar-refractivity contribution is 0.118. The third kappa shape index (κ3) is 2.51. The molecule has 0 unspecified atom stereocenters. The molecule has 106 valence electrons. The molecule has 1 aliphatic rings. The number of anilines is 1. The highest BCUT2D eigenvalue weighted by Crippen LogP contribution is 2.30. The zero-order chi connectivity index (χ0) is 14.1. The molecule has 0 amide bonds. The smallest absolute Gasteiger partial charge is 0.225 e. The number of hydrogen-bond acceptors (Lipinski definition) is 5. The van der Waals surface area contributed by atoms with Gasteiger partial charge in [-0.1, -0.05) is 11.6 Å². The Hall–Kier alpha value is -1.24. The molecular formula is C12H11Cl2FN4O. The number of pyridine rings is 1. The maximum absolute atomic E-state index is 14.0. The van der Waals surface area contributed by atoms with Crippen LogP contribution in [0.15, 0.2) is 6.20 Å². The zero-order valence-electron chi connectivity index (χ0n) is 10.4. The van der Waals surface area contributed by atoms with Gasteiger partial charge in [0.1, 0.15) is 5.52 Å². The Kier molecular flexibility index (Phi) is 3.87. The summed E-state index contributed by atoms with van der Waals surface area (Å²) in [6.45, 7) is 1.25. The van der Waals surface area contributed by atoms with Crippen LogP contribution in [0.5, 0.6) is 0 Å². The van der Waals surface area contributed by atoms with Crippen molar-refractivity contribution in [2.24, 2.45) is 0 Å². The maximum atomic E-state index is 14.0. The molecule has 5 nitrogen and oxygen atoms in total. The van der Waals surface area contributed by atoms with Crippen molar-refractivity contribution in [2.45, 2.75) is 19.3 Å². The lowest BCUT2D eigenvalue weighted by Gasteiger charge is -2.21. The molecule has 0 bridgehead atoms. The van der Waals surface area contributed by atoms with Crippen LogP contribution in [0.4, 0.5) is 10.2 Å². The minimum Gasteiger partial charge on any atom is -0.272 e. The molecule has 0 aromatic carbocycles. The van der Waals surface area contributed by atoms with E-state index < -0.39 is 5.82 Å². The van der Waals surface area contributed by atoms with Crippen LogP contribution < -0.4 is 5.06 Å². The van der Waals surface area contributed by atoms with Gasteiger partial charge in [-0.05, 0) is 30.9 Å². The van der Waals surface area contributed by atoms with Gasteiger partial charge in [-0.15, -0.1) is 0 Å². The van der Waals surface area contributed by atoms with Gasteiger partial charge in [-0.3, -0.25) is 4.84 Å². The van der Waals surface area contributed by atoms with E-state index in [1.807, 2.05) is 0 Å². The Bertz CT molecular complexity index is 647. The van der Waals surface area contributed by atoms with E-state index in [1.165, 1.54) is 6.20 Å². The largest absolute Gasteiger partial charge is 0.272 e. The molecule has 0 atom stereocenters. The van der Waals surface area contributed by atoms with Gasteiger partial charge in [0, 0.05) is 12.7 Å². The molecular weight excluding hydrogens is 306 g/mol. The summed E-state index contributed by atoms with van der Waals surface area (Å²) < 4.78 is 14.0. The summed E-state index contributed by atoms with van der Waals surface area (Å²) in [4.78, 5) is 17.5. The average Bonchev–Trinajstić information content (AvgIpc) is 2.71. The van der Waals surface area contributed by atoms with Crippen LogP contribution >= 0.6 is 23.2 Å². The van der Waals surface area contributed by atoms with E-state index in [0.717, 1.165) is 19.3 Å². The summed E-state index contributed by atoms with van der Waals surface area (Å²) in [5, 5.41) is 1.76. The third-order valence-corrected chi connectivity index (χ3v) is 3.52. The zero-order valence-corrected chi connectivity index (χ0v) is 12.0. The van der Waals surface area contributed by atoms with Crippen LogP contribution in [0.3, 0.4) is 0 Å². The first-order valence-electron chi connectivity index (χ1n) is 6.24. The molecule has 1 saturated heterocycles. The first-order chi connectivity index (χ1) is 9.66. The monoisotopic (exact) mass is 316 g/mol. The third-order valence-electron chi connectivity index (χ3n) is 3.08. The normalized spacial score (nSPS) is 16.4. The van der Waals surface area contributed by atoms with E-state index in [0.29, 0.717) is 24.4 Å². The quantitative estimate of drug-likeness (QED) is 0.596. The van der Waals surface area contributed by atoms with E-state index in [1.54, 1.807) is 5.06 Å². The number of halogens is 3. The summed E-state index contributed by atoms with van der Waals surface area (Å²) in [5.74, 6) is -0.283. The molecule has 1 aliphatic heterocycles. The molecule has 0 spiro atoms. The molecule has 1 fully saturated rings. The molecule has 8 heteroatoms. The van der Waals surface area contributed by atoms with Crippen LogP contribution in [0.2, 0.25) is 10.4 Å². The van der Waals surface area contributed by atoms with Crippen molar-refractivity contribution in [1.82, 2.24) is 15.0 Å². The topological polar surface area (TPSA) is 51.1 Å². The number of fused-ring (bicyclic) bond motifs is 1. The first-order valence-corrected chi connectivity index (χ1v) is 7.00. The molecule has 2 aromatic heterocycles. The fourth-order valence-electron chi connectivity index (χ4n) is 2.12. The van der Waals surface area contributed by atoms with E-state index in [9.17, 15) is 4.39 Å². The number of rotatable bonds is 1. The van der Waals surface area contributed by atoms with Crippen molar-refractivity contribution >= 4 is 39.9 Å². The van der Waals surface area contributed by atoms with E-state index >= 15 is 0 Å². The number of nitrogens with zero attached hydrogens (tertiary/aromatic N) is 4. The fourth-order valence-corrected chi connectivity index (χ4v) is 2.43. The Morgan fingerprint density at radius 2 is 2.05 bits per heavy atom. The molecule has 3 rings (SSSR count). The van der Waals surface area contributed by atoms with Gasteiger partial charge in [-0.2, -0.15) is 4.98 Å². The maximum Gasteiger partial charge on any atom is 0.225 e. The van der Waals surface area contributed by atoms with Crippen molar-refractivity contribution in [3.05, 3.63) is 22.5 Å². The minimum atomic E-state index is -0.704. The summed E-state index contributed by atoms with van der Waals surface area (Å²) >= 11 is 11.5. The first kappa shape index (κ1) is 13.7. The predicted octanol–water partition coefficient (Wildman–Crippen LogP) is 3.39. The Morgan fingerprint density at radius 1 is 1.20 bits per heavy atom. The second-order valence-corrected chi connectivity index (χ2v) is 5.13. The summed E-state index contributed by atoms with van der Waals surface area (Å²) in [7, 11) is 0. The van der Waals surface area contributed by atoms with Gasteiger partial charge in [0.25, 0.3) is 0 Å². The van der Waals surface area contributed by atoms with Crippen molar-refractivity contribution in [3.8, 4) is 0 Å². The van der Waals surface area contributed by atoms with Crippen LogP contribution in [0.25, 0.3) is 10.9 Å². The van der Waals surface area contributed by atoms with Crippen LogP contribution in [-0.2, 0) is 4.84 Å². The lowest BCUT2D eigenvalue weighted by atomic mass is 10.2. The minimum absolute atomic E-state index is 0.0489. The number of hydrogen-bond donors (Lipinski definition) is 0. The second kappa shape index (κ2) is 5.63. The van der Waals surface area contributed by atoms with Crippen LogP contribution in [0, 0.1) is 5.82 Å². The molecule has 2 aromatic rings. The average molecular weight is 317 g/mol. The highest BCUT2D eigenvalue weighted by atomic mass is 35.5. The molecule has 0 N–H and O–H groups in total. The Labute approximate surface area is 124 Å². The molecule has 0 aliphatic carbocycles. The number of hydroxylamine groups is 1. The standard InChI is InChI=1S/C12H11Cl2FN4O/c13-10-8(15)9-7(6-16-10)11(18-12(14)17-9)19-4-2-1-3-5-20-19/h6H,1-5H2. The van der Waals surface area contributed by atoms with E-state index in [4.69, 9.17) is 28.0 Å². The van der Waals surface area contributed by atoms with E-state index in [-0.39, 0.29) is 16.0 Å². The van der Waals surface area contributed by atoms with Gasteiger partial charge in [0.2, 0.25) is 5.28 Å². The molecule has 3 heterocycles. The van der Waals surface area contributed by atoms with E-state index in [2.05, 4.69) is 15.0 Å². The number of aromatic nitrogens is 3. The van der Waals surface area contributed by atoms with Crippen molar-refractivity contribution in [2.75, 3.05) is 18.2 Å². The summed E-state index contributed by atoms with van der Waals surface area (Å²) in [5.41, 5.74) is 0.0489.